The maximum absolute atomic E-state index is 11.7. The Morgan fingerprint density at radius 1 is 1.53 bits per heavy atom. The Labute approximate surface area is 94.9 Å². The average molecular weight is 224 g/mol. The van der Waals surface area contributed by atoms with Crippen molar-refractivity contribution in [2.75, 3.05) is 6.54 Å². The van der Waals surface area contributed by atoms with E-state index in [0.29, 0.717) is 17.1 Å². The van der Waals surface area contributed by atoms with Gasteiger partial charge in [-0.3, -0.25) is 4.79 Å². The highest BCUT2D eigenvalue weighted by atomic mass is 35.5. The molecule has 1 aromatic carbocycles. The van der Waals surface area contributed by atoms with E-state index in [0.717, 1.165) is 11.1 Å². The fourth-order valence-electron chi connectivity index (χ4n) is 1.15. The van der Waals surface area contributed by atoms with Crippen molar-refractivity contribution in [3.63, 3.8) is 0 Å². The molecule has 0 saturated heterocycles. The van der Waals surface area contributed by atoms with Crippen LogP contribution in [0.1, 0.15) is 22.8 Å². The maximum atomic E-state index is 11.7. The van der Waals surface area contributed by atoms with E-state index in [1.807, 2.05) is 26.0 Å². The summed E-state index contributed by atoms with van der Waals surface area (Å²) in [6, 6.07) is 5.40. The van der Waals surface area contributed by atoms with E-state index in [2.05, 4.69) is 11.9 Å². The fourth-order valence-corrected chi connectivity index (χ4v) is 1.36. The first-order chi connectivity index (χ1) is 7.02. The van der Waals surface area contributed by atoms with E-state index >= 15 is 0 Å². The van der Waals surface area contributed by atoms with Crippen LogP contribution in [0.2, 0.25) is 5.02 Å². The number of hydrogen-bond acceptors (Lipinski definition) is 1. The lowest BCUT2D eigenvalue weighted by Gasteiger charge is -2.07. The first kappa shape index (κ1) is 11.8. The van der Waals surface area contributed by atoms with Gasteiger partial charge in [0.25, 0.3) is 5.91 Å². The van der Waals surface area contributed by atoms with Gasteiger partial charge >= 0.3 is 0 Å². The Kier molecular flexibility index (Phi) is 3.92. The minimum Gasteiger partial charge on any atom is -0.348 e. The summed E-state index contributed by atoms with van der Waals surface area (Å²) >= 11 is 6.02. The van der Waals surface area contributed by atoms with Gasteiger partial charge in [0.2, 0.25) is 0 Å². The zero-order valence-corrected chi connectivity index (χ0v) is 9.69. The lowest BCUT2D eigenvalue weighted by atomic mass is 10.1. The van der Waals surface area contributed by atoms with E-state index in [-0.39, 0.29) is 5.91 Å². The van der Waals surface area contributed by atoms with Gasteiger partial charge < -0.3 is 5.32 Å². The monoisotopic (exact) mass is 223 g/mol. The van der Waals surface area contributed by atoms with E-state index in [1.54, 1.807) is 6.07 Å². The number of halogens is 1. The molecule has 0 atom stereocenters. The highest BCUT2D eigenvalue weighted by molar-refractivity contribution is 6.34. The Morgan fingerprint density at radius 2 is 2.20 bits per heavy atom. The molecule has 80 valence electrons. The van der Waals surface area contributed by atoms with Crippen LogP contribution in [0.15, 0.2) is 30.4 Å². The molecule has 3 heteroatoms. The molecule has 0 aromatic heterocycles. The number of hydrogen-bond donors (Lipinski definition) is 1. The Hall–Kier alpha value is -1.28. The van der Waals surface area contributed by atoms with E-state index in [4.69, 9.17) is 11.6 Å². The highest BCUT2D eigenvalue weighted by Crippen LogP contribution is 2.19. The van der Waals surface area contributed by atoms with Crippen molar-refractivity contribution < 1.29 is 4.79 Å². The van der Waals surface area contributed by atoms with Crippen LogP contribution in [0.5, 0.6) is 0 Å². The van der Waals surface area contributed by atoms with Gasteiger partial charge in [-0.05, 0) is 25.5 Å². The molecule has 0 radical (unpaired) electrons. The molecular formula is C12H14ClNO. The van der Waals surface area contributed by atoms with Crippen LogP contribution in [0, 0.1) is 6.92 Å². The predicted octanol–water partition coefficient (Wildman–Crippen LogP) is 2.95. The van der Waals surface area contributed by atoms with Gasteiger partial charge in [0.15, 0.2) is 0 Å². The Morgan fingerprint density at radius 3 is 2.80 bits per heavy atom. The molecule has 2 nitrogen and oxygen atoms in total. The summed E-state index contributed by atoms with van der Waals surface area (Å²) < 4.78 is 0. The van der Waals surface area contributed by atoms with Crippen molar-refractivity contribution in [2.24, 2.45) is 0 Å². The summed E-state index contributed by atoms with van der Waals surface area (Å²) in [5, 5.41) is 3.25. The molecule has 0 fully saturated rings. The van der Waals surface area contributed by atoms with E-state index in [1.165, 1.54) is 0 Å². The van der Waals surface area contributed by atoms with Crippen molar-refractivity contribution in [1.29, 1.82) is 0 Å². The highest BCUT2D eigenvalue weighted by Gasteiger charge is 2.10. The quantitative estimate of drug-likeness (QED) is 0.785. The lowest BCUT2D eigenvalue weighted by Crippen LogP contribution is -2.25. The summed E-state index contributed by atoms with van der Waals surface area (Å²) in [6.45, 7) is 7.92. The molecule has 1 rings (SSSR count). The largest absolute Gasteiger partial charge is 0.348 e. The van der Waals surface area contributed by atoms with Gasteiger partial charge in [0, 0.05) is 6.54 Å². The molecule has 0 heterocycles. The average Bonchev–Trinajstić information content (AvgIpc) is 2.18. The second kappa shape index (κ2) is 4.99. The fraction of sp³-hybridized carbons (Fsp3) is 0.250. The van der Waals surface area contributed by atoms with Crippen LogP contribution in [-0.2, 0) is 0 Å². The van der Waals surface area contributed by atoms with E-state index < -0.39 is 0 Å². The molecule has 1 amide bonds. The Balaban J connectivity index is 2.82. The molecule has 0 spiro atoms. The van der Waals surface area contributed by atoms with Gasteiger partial charge in [-0.1, -0.05) is 35.9 Å². The third-order valence-electron chi connectivity index (χ3n) is 1.99. The predicted molar refractivity (Wildman–Crippen MR) is 63.3 cm³/mol. The number of carbonyl (C=O) groups excluding carboxylic acids is 1. The molecular weight excluding hydrogens is 210 g/mol. The number of rotatable bonds is 3. The maximum Gasteiger partial charge on any atom is 0.253 e. The summed E-state index contributed by atoms with van der Waals surface area (Å²) in [7, 11) is 0. The first-order valence-electron chi connectivity index (χ1n) is 4.70. The van der Waals surface area contributed by atoms with Crippen molar-refractivity contribution in [1.82, 2.24) is 5.32 Å². The first-order valence-corrected chi connectivity index (χ1v) is 5.08. The smallest absolute Gasteiger partial charge is 0.253 e. The summed E-state index contributed by atoms with van der Waals surface area (Å²) in [5.41, 5.74) is 2.32. The zero-order valence-electron chi connectivity index (χ0n) is 8.93. The van der Waals surface area contributed by atoms with Gasteiger partial charge in [-0.2, -0.15) is 0 Å². The number of aryl methyl sites for hydroxylation is 1. The topological polar surface area (TPSA) is 29.1 Å². The summed E-state index contributed by atoms with van der Waals surface area (Å²) in [6.07, 6.45) is 0. The van der Waals surface area contributed by atoms with Crippen LogP contribution < -0.4 is 5.32 Å². The minimum absolute atomic E-state index is 0.160. The molecule has 1 N–H and O–H groups in total. The standard InChI is InChI=1S/C12H14ClNO/c1-8(2)7-14-12(15)10-6-4-5-9(3)11(10)13/h4-6H,1,7H2,2-3H3,(H,14,15). The molecule has 0 aliphatic carbocycles. The van der Waals surface area contributed by atoms with Crippen LogP contribution in [0.3, 0.4) is 0 Å². The Bertz CT molecular complexity index is 399. The summed E-state index contributed by atoms with van der Waals surface area (Å²) in [5.74, 6) is -0.160. The molecule has 0 saturated carbocycles. The van der Waals surface area contributed by atoms with E-state index in [9.17, 15) is 4.79 Å². The number of nitrogens with one attached hydrogen (secondary N) is 1. The van der Waals surface area contributed by atoms with Crippen LogP contribution >= 0.6 is 11.6 Å². The molecule has 0 aliphatic rings. The van der Waals surface area contributed by atoms with Gasteiger partial charge in [-0.25, -0.2) is 0 Å². The van der Waals surface area contributed by atoms with Crippen LogP contribution in [0.4, 0.5) is 0 Å². The zero-order chi connectivity index (χ0) is 11.4. The number of amides is 1. The van der Waals surface area contributed by atoms with Crippen molar-refractivity contribution in [3.05, 3.63) is 46.5 Å². The number of benzene rings is 1. The third-order valence-corrected chi connectivity index (χ3v) is 2.49. The van der Waals surface area contributed by atoms with Crippen molar-refractivity contribution >= 4 is 17.5 Å². The van der Waals surface area contributed by atoms with Gasteiger partial charge in [0.1, 0.15) is 0 Å². The summed E-state index contributed by atoms with van der Waals surface area (Å²) in [4.78, 5) is 11.7. The SMILES string of the molecule is C=C(C)CNC(=O)c1cccc(C)c1Cl. The lowest BCUT2D eigenvalue weighted by molar-refractivity contribution is 0.0957. The van der Waals surface area contributed by atoms with Crippen molar-refractivity contribution in [2.45, 2.75) is 13.8 Å². The van der Waals surface area contributed by atoms with Gasteiger partial charge in [0.05, 0.1) is 10.6 Å². The van der Waals surface area contributed by atoms with Crippen LogP contribution in [0.25, 0.3) is 0 Å². The molecule has 0 unspecified atom stereocenters. The van der Waals surface area contributed by atoms with Crippen LogP contribution in [-0.4, -0.2) is 12.5 Å². The molecule has 1 aromatic rings. The minimum atomic E-state index is -0.160. The second-order valence-corrected chi connectivity index (χ2v) is 3.95. The molecule has 0 bridgehead atoms. The molecule has 15 heavy (non-hydrogen) atoms. The number of carbonyl (C=O) groups is 1. The van der Waals surface area contributed by atoms with Gasteiger partial charge in [-0.15, -0.1) is 0 Å². The third kappa shape index (κ3) is 3.10. The molecule has 0 aliphatic heterocycles. The second-order valence-electron chi connectivity index (χ2n) is 3.58. The normalized spacial score (nSPS) is 9.80. The van der Waals surface area contributed by atoms with Crippen molar-refractivity contribution in [3.8, 4) is 0 Å².